The van der Waals surface area contributed by atoms with E-state index in [9.17, 15) is 4.79 Å². The van der Waals surface area contributed by atoms with E-state index >= 15 is 0 Å². The lowest BCUT2D eigenvalue weighted by Gasteiger charge is -2.27. The van der Waals surface area contributed by atoms with Crippen molar-refractivity contribution >= 4 is 17.2 Å². The number of aromatic nitrogens is 2. The van der Waals surface area contributed by atoms with Gasteiger partial charge in [-0.1, -0.05) is 6.07 Å². The van der Waals surface area contributed by atoms with Gasteiger partial charge in [-0.15, -0.1) is 11.3 Å². The van der Waals surface area contributed by atoms with E-state index in [4.69, 9.17) is 5.73 Å². The van der Waals surface area contributed by atoms with Crippen LogP contribution >= 0.6 is 11.3 Å². The molecule has 2 heterocycles. The standard InChI is InChI=1S/C13H16N4OS/c1-9-11(16-6-5-15-9)13(2,12(14)18)17-8-10-4-3-7-19-10/h3-7,17H,8H2,1-2H3,(H2,14,18). The molecule has 2 aromatic rings. The van der Waals surface area contributed by atoms with Crippen molar-refractivity contribution in [3.63, 3.8) is 0 Å². The zero-order valence-corrected chi connectivity index (χ0v) is 11.7. The molecule has 100 valence electrons. The largest absolute Gasteiger partial charge is 0.368 e. The van der Waals surface area contributed by atoms with E-state index < -0.39 is 11.4 Å². The molecule has 0 fully saturated rings. The Morgan fingerprint density at radius 3 is 2.79 bits per heavy atom. The Balaban J connectivity index is 2.28. The maximum absolute atomic E-state index is 11.8. The molecule has 6 heteroatoms. The molecular weight excluding hydrogens is 260 g/mol. The molecule has 0 bridgehead atoms. The first-order valence-electron chi connectivity index (χ1n) is 5.89. The van der Waals surface area contributed by atoms with Gasteiger partial charge < -0.3 is 5.73 Å². The molecule has 0 spiro atoms. The Bertz CT molecular complexity index is 570. The van der Waals surface area contributed by atoms with Gasteiger partial charge in [-0.05, 0) is 25.3 Å². The van der Waals surface area contributed by atoms with E-state index in [1.54, 1.807) is 30.7 Å². The minimum atomic E-state index is -1.03. The third kappa shape index (κ3) is 2.80. The fourth-order valence-electron chi connectivity index (χ4n) is 1.86. The molecule has 1 amide bonds. The molecule has 0 aliphatic rings. The van der Waals surface area contributed by atoms with Crippen molar-refractivity contribution in [2.75, 3.05) is 0 Å². The van der Waals surface area contributed by atoms with Crippen LogP contribution in [0, 0.1) is 6.92 Å². The molecule has 0 saturated heterocycles. The van der Waals surface area contributed by atoms with Gasteiger partial charge in [0, 0.05) is 23.8 Å². The predicted octanol–water partition coefficient (Wildman–Crippen LogP) is 1.34. The summed E-state index contributed by atoms with van der Waals surface area (Å²) in [4.78, 5) is 21.4. The van der Waals surface area contributed by atoms with Crippen LogP contribution in [0.15, 0.2) is 29.9 Å². The predicted molar refractivity (Wildman–Crippen MR) is 74.5 cm³/mol. The van der Waals surface area contributed by atoms with Crippen LogP contribution in [-0.2, 0) is 16.9 Å². The number of primary amides is 1. The van der Waals surface area contributed by atoms with Gasteiger partial charge in [0.1, 0.15) is 5.54 Å². The number of thiophene rings is 1. The van der Waals surface area contributed by atoms with E-state index in [2.05, 4.69) is 15.3 Å². The van der Waals surface area contributed by atoms with Gasteiger partial charge >= 0.3 is 0 Å². The number of nitrogens with zero attached hydrogens (tertiary/aromatic N) is 2. The van der Waals surface area contributed by atoms with Gasteiger partial charge in [0.05, 0.1) is 11.4 Å². The Hall–Kier alpha value is -1.79. The second-order valence-electron chi connectivity index (χ2n) is 4.41. The average Bonchev–Trinajstić information content (AvgIpc) is 2.89. The fraction of sp³-hybridized carbons (Fsp3) is 0.308. The molecule has 2 rings (SSSR count). The number of rotatable bonds is 5. The highest BCUT2D eigenvalue weighted by Crippen LogP contribution is 2.21. The molecular formula is C13H16N4OS. The Morgan fingerprint density at radius 1 is 1.47 bits per heavy atom. The van der Waals surface area contributed by atoms with Crippen LogP contribution in [-0.4, -0.2) is 15.9 Å². The second kappa shape index (κ2) is 5.46. The molecule has 0 aliphatic carbocycles. The zero-order valence-electron chi connectivity index (χ0n) is 10.9. The molecule has 2 aromatic heterocycles. The van der Waals surface area contributed by atoms with Crippen molar-refractivity contribution in [1.82, 2.24) is 15.3 Å². The number of nitrogens with one attached hydrogen (secondary N) is 1. The highest BCUT2D eigenvalue weighted by Gasteiger charge is 2.36. The minimum Gasteiger partial charge on any atom is -0.368 e. The number of nitrogens with two attached hydrogens (primary N) is 1. The van der Waals surface area contributed by atoms with E-state index in [1.807, 2.05) is 24.4 Å². The number of hydrogen-bond acceptors (Lipinski definition) is 5. The average molecular weight is 276 g/mol. The molecule has 0 saturated carbocycles. The van der Waals surface area contributed by atoms with Gasteiger partial charge in [-0.2, -0.15) is 0 Å². The monoisotopic (exact) mass is 276 g/mol. The van der Waals surface area contributed by atoms with E-state index in [-0.39, 0.29) is 0 Å². The first-order chi connectivity index (χ1) is 9.04. The fourth-order valence-corrected chi connectivity index (χ4v) is 2.51. The van der Waals surface area contributed by atoms with Crippen molar-refractivity contribution in [2.45, 2.75) is 25.9 Å². The molecule has 5 nitrogen and oxygen atoms in total. The van der Waals surface area contributed by atoms with Crippen molar-refractivity contribution in [3.8, 4) is 0 Å². The Morgan fingerprint density at radius 2 is 2.21 bits per heavy atom. The first kappa shape index (κ1) is 13.6. The van der Waals surface area contributed by atoms with Crippen molar-refractivity contribution < 1.29 is 4.79 Å². The van der Waals surface area contributed by atoms with Crippen LogP contribution in [0.2, 0.25) is 0 Å². The van der Waals surface area contributed by atoms with Gasteiger partial charge in [0.2, 0.25) is 5.91 Å². The first-order valence-corrected chi connectivity index (χ1v) is 6.77. The lowest BCUT2D eigenvalue weighted by atomic mass is 9.94. The van der Waals surface area contributed by atoms with Crippen molar-refractivity contribution in [3.05, 3.63) is 46.2 Å². The van der Waals surface area contributed by atoms with Crippen LogP contribution in [0.25, 0.3) is 0 Å². The topological polar surface area (TPSA) is 80.9 Å². The number of aryl methyl sites for hydroxylation is 1. The van der Waals surface area contributed by atoms with Crippen LogP contribution in [0.5, 0.6) is 0 Å². The Labute approximate surface area is 115 Å². The summed E-state index contributed by atoms with van der Waals surface area (Å²) in [5, 5.41) is 5.18. The third-order valence-electron chi connectivity index (χ3n) is 3.04. The normalized spacial score (nSPS) is 14.0. The SMILES string of the molecule is Cc1nccnc1C(C)(NCc1cccs1)C(N)=O. The number of carbonyl (C=O) groups is 1. The van der Waals surface area contributed by atoms with E-state index in [0.29, 0.717) is 17.9 Å². The summed E-state index contributed by atoms with van der Waals surface area (Å²) < 4.78 is 0. The highest BCUT2D eigenvalue weighted by atomic mass is 32.1. The number of amides is 1. The quantitative estimate of drug-likeness (QED) is 0.863. The van der Waals surface area contributed by atoms with Crippen LogP contribution in [0.3, 0.4) is 0 Å². The Kier molecular flexibility index (Phi) is 3.92. The highest BCUT2D eigenvalue weighted by molar-refractivity contribution is 7.09. The lowest BCUT2D eigenvalue weighted by Crippen LogP contribution is -2.51. The van der Waals surface area contributed by atoms with Crippen molar-refractivity contribution in [1.29, 1.82) is 0 Å². The maximum Gasteiger partial charge on any atom is 0.243 e. The second-order valence-corrected chi connectivity index (χ2v) is 5.44. The van der Waals surface area contributed by atoms with Crippen LogP contribution in [0.1, 0.15) is 23.2 Å². The van der Waals surface area contributed by atoms with E-state index in [1.165, 1.54) is 0 Å². The molecule has 1 atom stereocenters. The summed E-state index contributed by atoms with van der Waals surface area (Å²) in [6, 6.07) is 3.97. The van der Waals surface area contributed by atoms with Gasteiger partial charge in [0.25, 0.3) is 0 Å². The summed E-state index contributed by atoms with van der Waals surface area (Å²) in [5.41, 5.74) is 5.79. The van der Waals surface area contributed by atoms with Gasteiger partial charge in [-0.25, -0.2) is 0 Å². The summed E-state index contributed by atoms with van der Waals surface area (Å²) in [5.74, 6) is -0.465. The molecule has 1 unspecified atom stereocenters. The van der Waals surface area contributed by atoms with Crippen molar-refractivity contribution in [2.24, 2.45) is 5.73 Å². The lowest BCUT2D eigenvalue weighted by molar-refractivity contribution is -0.124. The summed E-state index contributed by atoms with van der Waals surface area (Å²) in [7, 11) is 0. The van der Waals surface area contributed by atoms with Gasteiger partial charge in [-0.3, -0.25) is 20.1 Å². The zero-order chi connectivity index (χ0) is 13.9. The smallest absolute Gasteiger partial charge is 0.243 e. The molecule has 0 radical (unpaired) electrons. The van der Waals surface area contributed by atoms with Crippen LogP contribution < -0.4 is 11.1 Å². The third-order valence-corrected chi connectivity index (χ3v) is 3.92. The number of carbonyl (C=O) groups excluding carboxylic acids is 1. The molecule has 0 aliphatic heterocycles. The molecule has 19 heavy (non-hydrogen) atoms. The summed E-state index contributed by atoms with van der Waals surface area (Å²) in [6.45, 7) is 4.11. The van der Waals surface area contributed by atoms with Gasteiger partial charge in [0.15, 0.2) is 0 Å². The van der Waals surface area contributed by atoms with Crippen LogP contribution in [0.4, 0.5) is 0 Å². The summed E-state index contributed by atoms with van der Waals surface area (Å²) >= 11 is 1.62. The number of hydrogen-bond donors (Lipinski definition) is 2. The summed E-state index contributed by atoms with van der Waals surface area (Å²) in [6.07, 6.45) is 3.16. The minimum absolute atomic E-state index is 0.465. The maximum atomic E-state index is 11.8. The van der Waals surface area contributed by atoms with E-state index in [0.717, 1.165) is 4.88 Å². The molecule has 3 N–H and O–H groups in total. The molecule has 0 aromatic carbocycles.